The molecule has 1 aliphatic rings. The molecule has 1 aliphatic heterocycles. The van der Waals surface area contributed by atoms with Crippen molar-refractivity contribution in [1.82, 2.24) is 4.90 Å². The first kappa shape index (κ1) is 12.5. The van der Waals surface area contributed by atoms with Crippen molar-refractivity contribution < 1.29 is 0 Å². The number of nitrogens with zero attached hydrogens (tertiary/aromatic N) is 1. The van der Waals surface area contributed by atoms with Crippen LogP contribution in [0, 0.1) is 0 Å². The summed E-state index contributed by atoms with van der Waals surface area (Å²) in [6.07, 6.45) is 2.21. The van der Waals surface area contributed by atoms with Gasteiger partial charge in [-0.25, -0.2) is 0 Å². The number of fused-ring (bicyclic) bond motifs is 3. The van der Waals surface area contributed by atoms with Crippen LogP contribution in [0.15, 0.2) is 52.8 Å². The molecule has 2 aromatic carbocycles. The summed E-state index contributed by atoms with van der Waals surface area (Å²) < 4.78 is 0. The summed E-state index contributed by atoms with van der Waals surface area (Å²) in [6, 6.07) is 15.4. The second-order valence-electron chi connectivity index (χ2n) is 5.08. The summed E-state index contributed by atoms with van der Waals surface area (Å²) in [5, 5.41) is 2.18. The van der Waals surface area contributed by atoms with Crippen molar-refractivity contribution in [2.45, 2.75) is 11.4 Å². The highest BCUT2D eigenvalue weighted by Crippen LogP contribution is 2.38. The average Bonchev–Trinajstić information content (AvgIpc) is 2.57. The fourth-order valence-corrected chi connectivity index (χ4v) is 3.24. The van der Waals surface area contributed by atoms with Gasteiger partial charge in [-0.1, -0.05) is 42.1 Å². The van der Waals surface area contributed by atoms with E-state index in [-0.39, 0.29) is 0 Å². The summed E-state index contributed by atoms with van der Waals surface area (Å²) in [5.41, 5.74) is 5.35. The molecule has 2 aromatic rings. The van der Waals surface area contributed by atoms with E-state index in [2.05, 4.69) is 72.9 Å². The Hall–Kier alpha value is -1.51. The maximum absolute atomic E-state index is 2.32. The number of hydrogen-bond acceptors (Lipinski definition) is 2. The molecule has 0 aromatic heterocycles. The second-order valence-corrected chi connectivity index (χ2v) is 6.02. The van der Waals surface area contributed by atoms with Gasteiger partial charge in [0.25, 0.3) is 0 Å². The molecule has 0 bridgehead atoms. The van der Waals surface area contributed by atoms with Gasteiger partial charge in [0, 0.05) is 11.4 Å². The van der Waals surface area contributed by atoms with E-state index in [4.69, 9.17) is 0 Å². The van der Waals surface area contributed by atoms with Crippen molar-refractivity contribution in [3.63, 3.8) is 0 Å². The Kier molecular flexibility index (Phi) is 3.45. The molecule has 0 spiro atoms. The molecule has 0 saturated heterocycles. The zero-order valence-electron chi connectivity index (χ0n) is 11.3. The van der Waals surface area contributed by atoms with E-state index in [9.17, 15) is 0 Å². The third-order valence-electron chi connectivity index (χ3n) is 3.24. The van der Waals surface area contributed by atoms with Gasteiger partial charge in [-0.05, 0) is 60.0 Å². The molecule has 0 amide bonds. The molecule has 0 saturated carbocycles. The van der Waals surface area contributed by atoms with E-state index in [0.29, 0.717) is 0 Å². The highest BCUT2D eigenvalue weighted by atomic mass is 32.2. The van der Waals surface area contributed by atoms with Crippen LogP contribution in [0.2, 0.25) is 0 Å². The van der Waals surface area contributed by atoms with Crippen molar-refractivity contribution in [3.8, 4) is 11.1 Å². The lowest BCUT2D eigenvalue weighted by Gasteiger charge is -2.13. The monoisotopic (exact) mass is 267 g/mol. The maximum Gasteiger partial charge on any atom is 0.0227 e. The molecule has 1 nitrogen and oxygen atoms in total. The van der Waals surface area contributed by atoms with Gasteiger partial charge in [0.2, 0.25) is 0 Å². The van der Waals surface area contributed by atoms with E-state index < -0.39 is 0 Å². The van der Waals surface area contributed by atoms with Crippen molar-refractivity contribution >= 4 is 17.8 Å². The molecular weight excluding hydrogens is 250 g/mol. The van der Waals surface area contributed by atoms with Crippen LogP contribution in [0.1, 0.15) is 11.1 Å². The predicted octanol–water partition coefficient (Wildman–Crippen LogP) is 4.49. The molecule has 3 rings (SSSR count). The van der Waals surface area contributed by atoms with E-state index in [0.717, 1.165) is 6.54 Å². The van der Waals surface area contributed by atoms with Crippen molar-refractivity contribution in [3.05, 3.63) is 59.0 Å². The molecule has 0 radical (unpaired) electrons. The Balaban J connectivity index is 2.14. The Morgan fingerprint density at radius 2 is 1.84 bits per heavy atom. The van der Waals surface area contributed by atoms with E-state index in [1.165, 1.54) is 27.1 Å². The average molecular weight is 267 g/mol. The SMILES string of the molecule is CN(C)Cc1ccc2c(c1)-c1ccccc1SC=C2. The molecular formula is C17H17NS. The zero-order chi connectivity index (χ0) is 13.2. The highest BCUT2D eigenvalue weighted by Gasteiger charge is 2.11. The van der Waals surface area contributed by atoms with E-state index >= 15 is 0 Å². The van der Waals surface area contributed by atoms with E-state index in [1.807, 2.05) is 0 Å². The van der Waals surface area contributed by atoms with Crippen LogP contribution in [0.25, 0.3) is 17.2 Å². The van der Waals surface area contributed by atoms with Gasteiger partial charge in [0.15, 0.2) is 0 Å². The lowest BCUT2D eigenvalue weighted by atomic mass is 9.97. The van der Waals surface area contributed by atoms with Crippen LogP contribution in [0.5, 0.6) is 0 Å². The largest absolute Gasteiger partial charge is 0.305 e. The molecule has 96 valence electrons. The Bertz CT molecular complexity index is 629. The predicted molar refractivity (Wildman–Crippen MR) is 84.2 cm³/mol. The van der Waals surface area contributed by atoms with Crippen molar-refractivity contribution in [2.24, 2.45) is 0 Å². The van der Waals surface area contributed by atoms with Gasteiger partial charge in [0.05, 0.1) is 0 Å². The fraction of sp³-hybridized carbons (Fsp3) is 0.176. The molecule has 0 N–H and O–H groups in total. The topological polar surface area (TPSA) is 3.24 Å². The Morgan fingerprint density at radius 3 is 2.68 bits per heavy atom. The second kappa shape index (κ2) is 5.24. The van der Waals surface area contributed by atoms with Gasteiger partial charge in [-0.2, -0.15) is 0 Å². The first-order valence-electron chi connectivity index (χ1n) is 6.44. The Labute approximate surface area is 119 Å². The third kappa shape index (κ3) is 2.60. The van der Waals surface area contributed by atoms with Crippen LogP contribution >= 0.6 is 11.8 Å². The summed E-state index contributed by atoms with van der Waals surface area (Å²) in [7, 11) is 4.21. The summed E-state index contributed by atoms with van der Waals surface area (Å²) in [4.78, 5) is 3.54. The smallest absolute Gasteiger partial charge is 0.0227 e. The lowest BCUT2D eigenvalue weighted by Crippen LogP contribution is -2.10. The number of thioether (sulfide) groups is 1. The van der Waals surface area contributed by atoms with Gasteiger partial charge in [0.1, 0.15) is 0 Å². The number of benzene rings is 2. The fourth-order valence-electron chi connectivity index (χ4n) is 2.42. The standard InChI is InChI=1S/C17H17NS/c1-18(2)12-13-7-8-14-9-10-19-17-6-4-3-5-15(17)16(14)11-13/h3-11H,12H2,1-2H3. The molecule has 0 atom stereocenters. The highest BCUT2D eigenvalue weighted by molar-refractivity contribution is 8.02. The Morgan fingerprint density at radius 1 is 1.00 bits per heavy atom. The quantitative estimate of drug-likeness (QED) is 0.788. The zero-order valence-corrected chi connectivity index (χ0v) is 12.1. The van der Waals surface area contributed by atoms with Crippen LogP contribution < -0.4 is 0 Å². The van der Waals surface area contributed by atoms with Gasteiger partial charge in [-0.3, -0.25) is 0 Å². The van der Waals surface area contributed by atoms with E-state index in [1.54, 1.807) is 11.8 Å². The van der Waals surface area contributed by atoms with Crippen molar-refractivity contribution in [2.75, 3.05) is 14.1 Å². The normalized spacial score (nSPS) is 13.0. The molecule has 0 aliphatic carbocycles. The van der Waals surface area contributed by atoms with Gasteiger partial charge in [-0.15, -0.1) is 0 Å². The number of rotatable bonds is 2. The first-order chi connectivity index (χ1) is 9.24. The van der Waals surface area contributed by atoms with Crippen LogP contribution in [-0.2, 0) is 6.54 Å². The van der Waals surface area contributed by atoms with Crippen LogP contribution in [-0.4, -0.2) is 19.0 Å². The van der Waals surface area contributed by atoms with Crippen molar-refractivity contribution in [1.29, 1.82) is 0 Å². The minimum atomic E-state index is 0.978. The molecule has 0 unspecified atom stereocenters. The molecule has 0 fully saturated rings. The number of hydrogen-bond donors (Lipinski definition) is 0. The first-order valence-corrected chi connectivity index (χ1v) is 7.32. The molecule has 19 heavy (non-hydrogen) atoms. The summed E-state index contributed by atoms with van der Waals surface area (Å²) >= 11 is 1.79. The molecule has 1 heterocycles. The maximum atomic E-state index is 2.32. The van der Waals surface area contributed by atoms with Crippen LogP contribution in [0.4, 0.5) is 0 Å². The third-order valence-corrected chi connectivity index (χ3v) is 4.12. The summed E-state index contributed by atoms with van der Waals surface area (Å²) in [6.45, 7) is 0.978. The minimum Gasteiger partial charge on any atom is -0.305 e. The molecule has 2 heteroatoms. The van der Waals surface area contributed by atoms with Crippen LogP contribution in [0.3, 0.4) is 0 Å². The minimum absolute atomic E-state index is 0.978. The summed E-state index contributed by atoms with van der Waals surface area (Å²) in [5.74, 6) is 0. The lowest BCUT2D eigenvalue weighted by molar-refractivity contribution is 0.402. The van der Waals surface area contributed by atoms with Gasteiger partial charge >= 0.3 is 0 Å². The van der Waals surface area contributed by atoms with Gasteiger partial charge < -0.3 is 4.90 Å².